The van der Waals surface area contributed by atoms with Gasteiger partial charge in [0.1, 0.15) is 11.5 Å². The van der Waals surface area contributed by atoms with Crippen LogP contribution in [-0.4, -0.2) is 36.1 Å². The van der Waals surface area contributed by atoms with Crippen LogP contribution in [0.4, 0.5) is 0 Å². The molecule has 222 valence electrons. The van der Waals surface area contributed by atoms with Crippen molar-refractivity contribution in [3.63, 3.8) is 0 Å². The highest BCUT2D eigenvalue weighted by Crippen LogP contribution is 2.36. The number of ketones is 1. The monoisotopic (exact) mass is 571 g/mol. The van der Waals surface area contributed by atoms with E-state index in [9.17, 15) is 19.5 Å². The quantitative estimate of drug-likeness (QED) is 0.112. The first-order chi connectivity index (χ1) is 20.2. The first-order valence-electron chi connectivity index (χ1n) is 14.4. The molecule has 0 saturated carbocycles. The average Bonchev–Trinajstić information content (AvgIpc) is 2.98. The fraction of sp³-hybridized carbons (Fsp3) is 0.343. The van der Waals surface area contributed by atoms with Gasteiger partial charge in [-0.05, 0) is 78.8 Å². The second-order valence-electron chi connectivity index (χ2n) is 10.3. The number of benzene rings is 3. The number of allylic oxidation sites excluding steroid dienone is 1. The van der Waals surface area contributed by atoms with E-state index in [2.05, 4.69) is 12.2 Å². The van der Waals surface area contributed by atoms with Crippen molar-refractivity contribution >= 4 is 28.8 Å². The molecular weight excluding hydrogens is 530 g/mol. The zero-order chi connectivity index (χ0) is 30.6. The van der Waals surface area contributed by atoms with Gasteiger partial charge in [-0.25, -0.2) is 0 Å². The Labute approximate surface area is 248 Å². The summed E-state index contributed by atoms with van der Waals surface area (Å²) in [6, 6.07) is 23.3. The normalized spacial score (nSPS) is 13.0. The molecule has 42 heavy (non-hydrogen) atoms. The number of methoxy groups -OCH3 is 1. The van der Waals surface area contributed by atoms with E-state index in [4.69, 9.17) is 9.47 Å². The standard InChI is InChI=1S/C35H41NO6/c1-6-8-9-29(35(39)40)22-33(38)36-24(4)42-31-20-16-28(17-21-31)34(27-12-10-25(11-13-27)23(3)37)32(7-2)26-14-18-30(41-5)19-15-26/h10-21,24,29H,6-9,22H2,1-5H3,(H,36,38)(H,39,40)/b34-32+. The van der Waals surface area contributed by atoms with Crippen molar-refractivity contribution in [2.75, 3.05) is 7.11 Å². The number of hydrogen-bond donors (Lipinski definition) is 2. The first-order valence-corrected chi connectivity index (χ1v) is 14.4. The molecule has 7 nitrogen and oxygen atoms in total. The largest absolute Gasteiger partial charge is 0.497 e. The summed E-state index contributed by atoms with van der Waals surface area (Å²) in [5.41, 5.74) is 5.86. The minimum atomic E-state index is -0.955. The molecule has 3 aromatic carbocycles. The molecule has 0 spiro atoms. The Kier molecular flexibility index (Phi) is 11.9. The van der Waals surface area contributed by atoms with Gasteiger partial charge in [0.05, 0.1) is 13.0 Å². The topological polar surface area (TPSA) is 102 Å². The molecule has 3 aromatic rings. The SMILES string of the molecule is CCCCC(CC(=O)NC(C)Oc1ccc(/C(=C(\CC)c2ccc(OC)cc2)c2ccc(C(C)=O)cc2)cc1)C(=O)O. The number of amides is 1. The number of carboxylic acid groups (broad SMARTS) is 1. The Hall–Kier alpha value is -4.39. The van der Waals surface area contributed by atoms with Crippen LogP contribution >= 0.6 is 0 Å². The summed E-state index contributed by atoms with van der Waals surface area (Å²) in [5.74, 6) is -0.646. The van der Waals surface area contributed by atoms with E-state index in [1.165, 1.54) is 0 Å². The van der Waals surface area contributed by atoms with Gasteiger partial charge in [0, 0.05) is 12.0 Å². The van der Waals surface area contributed by atoms with Gasteiger partial charge in [0.2, 0.25) is 5.91 Å². The fourth-order valence-corrected chi connectivity index (χ4v) is 4.91. The lowest BCUT2D eigenvalue weighted by Gasteiger charge is -2.19. The lowest BCUT2D eigenvalue weighted by atomic mass is 9.87. The molecular formula is C35H41NO6. The number of nitrogens with one attached hydrogen (secondary N) is 1. The van der Waals surface area contributed by atoms with E-state index >= 15 is 0 Å². The number of rotatable bonds is 15. The highest BCUT2D eigenvalue weighted by molar-refractivity contribution is 6.00. The highest BCUT2D eigenvalue weighted by atomic mass is 16.5. The van der Waals surface area contributed by atoms with E-state index in [0.29, 0.717) is 17.7 Å². The molecule has 0 heterocycles. The second-order valence-corrected chi connectivity index (χ2v) is 10.3. The molecule has 2 N–H and O–H groups in total. The molecule has 0 fully saturated rings. The third-order valence-electron chi connectivity index (χ3n) is 7.18. The highest BCUT2D eigenvalue weighted by Gasteiger charge is 2.22. The van der Waals surface area contributed by atoms with Crippen molar-refractivity contribution < 1.29 is 29.0 Å². The summed E-state index contributed by atoms with van der Waals surface area (Å²) < 4.78 is 11.3. The van der Waals surface area contributed by atoms with Gasteiger partial charge in [-0.15, -0.1) is 0 Å². The van der Waals surface area contributed by atoms with Crippen molar-refractivity contribution in [2.24, 2.45) is 5.92 Å². The minimum Gasteiger partial charge on any atom is -0.497 e. The fourth-order valence-electron chi connectivity index (χ4n) is 4.91. The third kappa shape index (κ3) is 8.80. The van der Waals surface area contributed by atoms with Gasteiger partial charge in [-0.2, -0.15) is 0 Å². The van der Waals surface area contributed by atoms with E-state index in [0.717, 1.165) is 52.8 Å². The molecule has 0 aliphatic rings. The van der Waals surface area contributed by atoms with Gasteiger partial charge in [0.15, 0.2) is 12.0 Å². The number of carbonyl (C=O) groups excluding carboxylic acids is 2. The summed E-state index contributed by atoms with van der Waals surface area (Å²) in [6.07, 6.45) is 2.17. The number of aliphatic carboxylic acids is 1. The molecule has 1 amide bonds. The Morgan fingerprint density at radius 2 is 1.33 bits per heavy atom. The van der Waals surface area contributed by atoms with Crippen molar-refractivity contribution in [1.29, 1.82) is 0 Å². The molecule has 2 unspecified atom stereocenters. The average molecular weight is 572 g/mol. The Bertz CT molecular complexity index is 1370. The van der Waals surface area contributed by atoms with Crippen LogP contribution in [0.5, 0.6) is 11.5 Å². The molecule has 0 radical (unpaired) electrons. The summed E-state index contributed by atoms with van der Waals surface area (Å²) >= 11 is 0. The van der Waals surface area contributed by atoms with E-state index < -0.39 is 18.1 Å². The summed E-state index contributed by atoms with van der Waals surface area (Å²) in [5, 5.41) is 12.2. The summed E-state index contributed by atoms with van der Waals surface area (Å²) in [6.45, 7) is 7.38. The van der Waals surface area contributed by atoms with Crippen LogP contribution in [-0.2, 0) is 9.59 Å². The molecule has 0 aromatic heterocycles. The minimum absolute atomic E-state index is 0.0140. The summed E-state index contributed by atoms with van der Waals surface area (Å²) in [7, 11) is 1.64. The molecule has 2 atom stereocenters. The van der Waals surface area contributed by atoms with Crippen LogP contribution in [0.3, 0.4) is 0 Å². The Balaban J connectivity index is 1.86. The van der Waals surface area contributed by atoms with Gasteiger partial charge in [-0.3, -0.25) is 14.4 Å². The number of carboxylic acids is 1. The molecule has 3 rings (SSSR count). The smallest absolute Gasteiger partial charge is 0.307 e. The number of hydrogen-bond acceptors (Lipinski definition) is 5. The first kappa shape index (κ1) is 32.1. The Morgan fingerprint density at radius 3 is 1.83 bits per heavy atom. The summed E-state index contributed by atoms with van der Waals surface area (Å²) in [4.78, 5) is 35.9. The zero-order valence-corrected chi connectivity index (χ0v) is 25.1. The predicted octanol–water partition coefficient (Wildman–Crippen LogP) is 7.39. The maximum absolute atomic E-state index is 12.5. The third-order valence-corrected chi connectivity index (χ3v) is 7.18. The molecule has 0 saturated heterocycles. The molecule has 0 aliphatic carbocycles. The van der Waals surface area contributed by atoms with Crippen molar-refractivity contribution in [2.45, 2.75) is 66.0 Å². The van der Waals surface area contributed by atoms with Gasteiger partial charge in [0.25, 0.3) is 0 Å². The van der Waals surface area contributed by atoms with Crippen LogP contribution in [0.25, 0.3) is 11.1 Å². The molecule has 7 heteroatoms. The van der Waals surface area contributed by atoms with Crippen LogP contribution in [0.1, 0.15) is 86.8 Å². The van der Waals surface area contributed by atoms with Crippen LogP contribution in [0.2, 0.25) is 0 Å². The Morgan fingerprint density at radius 1 is 0.810 bits per heavy atom. The van der Waals surface area contributed by atoms with Crippen LogP contribution in [0, 0.1) is 5.92 Å². The number of unbranched alkanes of at least 4 members (excludes halogenated alkanes) is 1. The van der Waals surface area contributed by atoms with Crippen LogP contribution in [0.15, 0.2) is 72.8 Å². The number of Topliss-reactive ketones (excluding diaryl/α,β-unsaturated/α-hetero) is 1. The van der Waals surface area contributed by atoms with E-state index in [1.54, 1.807) is 21.0 Å². The van der Waals surface area contributed by atoms with Gasteiger partial charge < -0.3 is 19.9 Å². The van der Waals surface area contributed by atoms with Gasteiger partial charge in [-0.1, -0.05) is 75.2 Å². The number of carbonyl (C=O) groups is 3. The molecule has 0 bridgehead atoms. The van der Waals surface area contributed by atoms with Crippen molar-refractivity contribution in [3.8, 4) is 11.5 Å². The van der Waals surface area contributed by atoms with Gasteiger partial charge >= 0.3 is 5.97 Å². The maximum atomic E-state index is 12.5. The lowest BCUT2D eigenvalue weighted by Crippen LogP contribution is -2.38. The van der Waals surface area contributed by atoms with Crippen LogP contribution < -0.4 is 14.8 Å². The van der Waals surface area contributed by atoms with E-state index in [1.807, 2.05) is 79.7 Å². The zero-order valence-electron chi connectivity index (χ0n) is 25.1. The van der Waals surface area contributed by atoms with Crippen molar-refractivity contribution in [3.05, 3.63) is 95.1 Å². The molecule has 0 aliphatic heterocycles. The maximum Gasteiger partial charge on any atom is 0.307 e. The number of ether oxygens (including phenoxy) is 2. The second kappa shape index (κ2) is 15.6. The lowest BCUT2D eigenvalue weighted by molar-refractivity contribution is -0.144. The van der Waals surface area contributed by atoms with Crippen molar-refractivity contribution in [1.82, 2.24) is 5.32 Å². The predicted molar refractivity (Wildman–Crippen MR) is 166 cm³/mol. The van der Waals surface area contributed by atoms with E-state index in [-0.39, 0.29) is 18.1 Å².